The van der Waals surface area contributed by atoms with E-state index in [9.17, 15) is 0 Å². The van der Waals surface area contributed by atoms with E-state index in [4.69, 9.17) is 0 Å². The summed E-state index contributed by atoms with van der Waals surface area (Å²) in [6.45, 7) is 13.6. The van der Waals surface area contributed by atoms with Crippen LogP contribution in [0.3, 0.4) is 0 Å². The standard InChI is InChI=1S/C10H21N/c1-6-10(5,7-2)8-11-9(3)4/h6,9,11H,1,7-8H2,2-5H3. The molecule has 0 spiro atoms. The molecule has 1 atom stereocenters. The molecule has 0 saturated carbocycles. The molecule has 0 aliphatic rings. The Kier molecular flexibility index (Phi) is 4.43. The number of hydrogen-bond acceptors (Lipinski definition) is 1. The maximum absolute atomic E-state index is 3.84. The van der Waals surface area contributed by atoms with Gasteiger partial charge in [0.15, 0.2) is 0 Å². The second kappa shape index (κ2) is 4.55. The summed E-state index contributed by atoms with van der Waals surface area (Å²) in [6.07, 6.45) is 3.19. The van der Waals surface area contributed by atoms with E-state index >= 15 is 0 Å². The van der Waals surface area contributed by atoms with Gasteiger partial charge in [-0.05, 0) is 11.8 Å². The van der Waals surface area contributed by atoms with E-state index in [-0.39, 0.29) is 5.41 Å². The van der Waals surface area contributed by atoms with Crippen molar-refractivity contribution in [1.82, 2.24) is 5.32 Å². The lowest BCUT2D eigenvalue weighted by Crippen LogP contribution is -2.34. The summed E-state index contributed by atoms with van der Waals surface area (Å²) < 4.78 is 0. The maximum Gasteiger partial charge on any atom is 0.00420 e. The van der Waals surface area contributed by atoms with Crippen LogP contribution in [0.25, 0.3) is 0 Å². The molecule has 0 fully saturated rings. The molecule has 11 heavy (non-hydrogen) atoms. The summed E-state index contributed by atoms with van der Waals surface area (Å²) in [5.41, 5.74) is 0.268. The van der Waals surface area contributed by atoms with E-state index in [1.165, 1.54) is 0 Å². The highest BCUT2D eigenvalue weighted by atomic mass is 14.9. The lowest BCUT2D eigenvalue weighted by atomic mass is 9.87. The highest BCUT2D eigenvalue weighted by Crippen LogP contribution is 2.20. The van der Waals surface area contributed by atoms with Crippen molar-refractivity contribution in [1.29, 1.82) is 0 Å². The smallest absolute Gasteiger partial charge is 0.00420 e. The molecule has 1 unspecified atom stereocenters. The second-order valence-electron chi connectivity index (χ2n) is 3.75. The highest BCUT2D eigenvalue weighted by molar-refractivity contribution is 4.92. The van der Waals surface area contributed by atoms with Crippen molar-refractivity contribution >= 4 is 0 Å². The minimum absolute atomic E-state index is 0.268. The molecule has 0 saturated heterocycles. The highest BCUT2D eigenvalue weighted by Gasteiger charge is 2.16. The third-order valence-electron chi connectivity index (χ3n) is 2.21. The summed E-state index contributed by atoms with van der Waals surface area (Å²) in [5.74, 6) is 0. The normalized spacial score (nSPS) is 16.5. The van der Waals surface area contributed by atoms with Crippen LogP contribution < -0.4 is 5.32 Å². The van der Waals surface area contributed by atoms with Gasteiger partial charge in [0.1, 0.15) is 0 Å². The van der Waals surface area contributed by atoms with Crippen molar-refractivity contribution in [3.05, 3.63) is 12.7 Å². The summed E-state index contributed by atoms with van der Waals surface area (Å²) in [4.78, 5) is 0. The van der Waals surface area contributed by atoms with Crippen molar-refractivity contribution in [2.24, 2.45) is 5.41 Å². The average Bonchev–Trinajstić information content (AvgIpc) is 2.00. The first-order valence-corrected chi connectivity index (χ1v) is 4.41. The lowest BCUT2D eigenvalue weighted by molar-refractivity contribution is 0.364. The van der Waals surface area contributed by atoms with Gasteiger partial charge in [0, 0.05) is 12.6 Å². The molecule has 0 aromatic carbocycles. The summed E-state index contributed by atoms with van der Waals surface area (Å²) in [7, 11) is 0. The van der Waals surface area contributed by atoms with Crippen LogP contribution >= 0.6 is 0 Å². The van der Waals surface area contributed by atoms with Crippen LogP contribution in [0.15, 0.2) is 12.7 Å². The molecular formula is C10H21N. The zero-order chi connectivity index (χ0) is 8.91. The topological polar surface area (TPSA) is 12.0 Å². The zero-order valence-electron chi connectivity index (χ0n) is 8.28. The van der Waals surface area contributed by atoms with Gasteiger partial charge in [-0.2, -0.15) is 0 Å². The molecule has 0 aromatic heterocycles. The first kappa shape index (κ1) is 10.7. The van der Waals surface area contributed by atoms with Gasteiger partial charge in [0.2, 0.25) is 0 Å². The van der Waals surface area contributed by atoms with E-state index in [0.29, 0.717) is 6.04 Å². The molecule has 0 radical (unpaired) electrons. The molecule has 1 heteroatoms. The first-order valence-electron chi connectivity index (χ1n) is 4.41. The SMILES string of the molecule is C=CC(C)(CC)CNC(C)C. The van der Waals surface area contributed by atoms with Crippen molar-refractivity contribution in [2.45, 2.75) is 40.2 Å². The van der Waals surface area contributed by atoms with Gasteiger partial charge in [0.25, 0.3) is 0 Å². The number of rotatable bonds is 5. The minimum atomic E-state index is 0.268. The van der Waals surface area contributed by atoms with Crippen molar-refractivity contribution in [3.63, 3.8) is 0 Å². The Morgan fingerprint density at radius 3 is 2.36 bits per heavy atom. The zero-order valence-corrected chi connectivity index (χ0v) is 8.28. The molecule has 1 nitrogen and oxygen atoms in total. The fraction of sp³-hybridized carbons (Fsp3) is 0.800. The molecule has 0 aliphatic heterocycles. The Hall–Kier alpha value is -0.300. The van der Waals surface area contributed by atoms with Gasteiger partial charge >= 0.3 is 0 Å². The van der Waals surface area contributed by atoms with Crippen molar-refractivity contribution < 1.29 is 0 Å². The number of nitrogens with one attached hydrogen (secondary N) is 1. The predicted octanol–water partition coefficient (Wildman–Crippen LogP) is 2.59. The Balaban J connectivity index is 3.78. The summed E-state index contributed by atoms with van der Waals surface area (Å²) >= 11 is 0. The Morgan fingerprint density at radius 1 is 1.55 bits per heavy atom. The quantitative estimate of drug-likeness (QED) is 0.602. The number of hydrogen-bond donors (Lipinski definition) is 1. The largest absolute Gasteiger partial charge is 0.314 e. The van der Waals surface area contributed by atoms with Crippen molar-refractivity contribution in [3.8, 4) is 0 Å². The molecule has 1 N–H and O–H groups in total. The Morgan fingerprint density at radius 2 is 2.09 bits per heavy atom. The molecule has 0 aliphatic carbocycles. The van der Waals surface area contributed by atoms with E-state index < -0.39 is 0 Å². The van der Waals surface area contributed by atoms with Crippen LogP contribution in [0.2, 0.25) is 0 Å². The van der Waals surface area contributed by atoms with Gasteiger partial charge < -0.3 is 5.32 Å². The van der Waals surface area contributed by atoms with Gasteiger partial charge in [0.05, 0.1) is 0 Å². The fourth-order valence-corrected chi connectivity index (χ4v) is 0.779. The van der Waals surface area contributed by atoms with E-state index in [1.54, 1.807) is 0 Å². The molecule has 0 aromatic rings. The summed E-state index contributed by atoms with van der Waals surface area (Å²) in [6, 6.07) is 0.570. The van der Waals surface area contributed by atoms with Crippen LogP contribution in [-0.4, -0.2) is 12.6 Å². The van der Waals surface area contributed by atoms with Gasteiger partial charge in [-0.15, -0.1) is 6.58 Å². The molecule has 0 rings (SSSR count). The molecular weight excluding hydrogens is 134 g/mol. The van der Waals surface area contributed by atoms with Crippen LogP contribution in [0.5, 0.6) is 0 Å². The Labute approximate surface area is 70.9 Å². The molecule has 0 amide bonds. The third kappa shape index (κ3) is 4.20. The third-order valence-corrected chi connectivity index (χ3v) is 2.21. The van der Waals surface area contributed by atoms with Crippen LogP contribution in [0, 0.1) is 5.41 Å². The molecule has 0 bridgehead atoms. The van der Waals surface area contributed by atoms with Crippen LogP contribution in [-0.2, 0) is 0 Å². The maximum atomic E-state index is 3.84. The van der Waals surface area contributed by atoms with Gasteiger partial charge in [-0.1, -0.05) is 33.8 Å². The van der Waals surface area contributed by atoms with E-state index in [0.717, 1.165) is 13.0 Å². The minimum Gasteiger partial charge on any atom is -0.314 e. The van der Waals surface area contributed by atoms with Crippen LogP contribution in [0.4, 0.5) is 0 Å². The van der Waals surface area contributed by atoms with Crippen LogP contribution in [0.1, 0.15) is 34.1 Å². The molecule has 66 valence electrons. The Bertz CT molecular complexity index is 118. The second-order valence-corrected chi connectivity index (χ2v) is 3.75. The summed E-state index contributed by atoms with van der Waals surface area (Å²) in [5, 5.41) is 3.42. The molecule has 0 heterocycles. The first-order chi connectivity index (χ1) is 5.04. The lowest BCUT2D eigenvalue weighted by Gasteiger charge is -2.25. The average molecular weight is 155 g/mol. The van der Waals surface area contributed by atoms with E-state index in [2.05, 4.69) is 39.6 Å². The van der Waals surface area contributed by atoms with Gasteiger partial charge in [-0.25, -0.2) is 0 Å². The van der Waals surface area contributed by atoms with Crippen molar-refractivity contribution in [2.75, 3.05) is 6.54 Å². The van der Waals surface area contributed by atoms with Gasteiger partial charge in [-0.3, -0.25) is 0 Å². The van der Waals surface area contributed by atoms with E-state index in [1.807, 2.05) is 6.08 Å². The fourth-order valence-electron chi connectivity index (χ4n) is 0.779. The predicted molar refractivity (Wildman–Crippen MR) is 51.7 cm³/mol. The monoisotopic (exact) mass is 155 g/mol.